The molecule has 1 aliphatic heterocycles. The van der Waals surface area contributed by atoms with Crippen LogP contribution in [0.2, 0.25) is 0 Å². The highest BCUT2D eigenvalue weighted by molar-refractivity contribution is 5.67. The van der Waals surface area contributed by atoms with Gasteiger partial charge in [-0.1, -0.05) is 6.92 Å². The first-order chi connectivity index (χ1) is 13.9. The summed E-state index contributed by atoms with van der Waals surface area (Å²) in [5.74, 6) is -1.59. The Morgan fingerprint density at radius 1 is 1.21 bits per heavy atom. The van der Waals surface area contributed by atoms with Crippen LogP contribution in [0.25, 0.3) is 11.4 Å². The molecule has 1 fully saturated rings. The molecular formula is C21H25F2N3O3. The molecule has 2 aromatic rings. The second kappa shape index (κ2) is 9.15. The van der Waals surface area contributed by atoms with E-state index in [2.05, 4.69) is 9.97 Å². The van der Waals surface area contributed by atoms with Gasteiger partial charge in [0.1, 0.15) is 17.3 Å². The highest BCUT2D eigenvalue weighted by Crippen LogP contribution is 2.32. The van der Waals surface area contributed by atoms with Gasteiger partial charge in [0.05, 0.1) is 6.61 Å². The van der Waals surface area contributed by atoms with E-state index in [1.807, 2.05) is 6.92 Å². The molecule has 0 bridgehead atoms. The summed E-state index contributed by atoms with van der Waals surface area (Å²) in [6.07, 6.45) is 2.09. The number of halogens is 2. The number of hydrogen-bond acceptors (Lipinski definition) is 5. The molecule has 1 aromatic heterocycles. The van der Waals surface area contributed by atoms with Crippen molar-refractivity contribution in [2.24, 2.45) is 5.92 Å². The summed E-state index contributed by atoms with van der Waals surface area (Å²) in [6, 6.07) is 4.15. The van der Waals surface area contributed by atoms with Crippen molar-refractivity contribution in [3.05, 3.63) is 35.5 Å². The zero-order valence-electron chi connectivity index (χ0n) is 16.6. The molecule has 156 valence electrons. The molecule has 0 atom stereocenters. The number of aryl methyl sites for hydroxylation is 1. The second-order valence-electron chi connectivity index (χ2n) is 7.34. The van der Waals surface area contributed by atoms with Gasteiger partial charge in [0.25, 0.3) is 0 Å². The van der Waals surface area contributed by atoms with Crippen molar-refractivity contribution in [2.75, 3.05) is 24.6 Å². The number of aromatic nitrogens is 2. The quantitative estimate of drug-likeness (QED) is 0.744. The van der Waals surface area contributed by atoms with Gasteiger partial charge in [-0.15, -0.1) is 0 Å². The Labute approximate surface area is 168 Å². The molecule has 0 aliphatic carbocycles. The van der Waals surface area contributed by atoms with Crippen molar-refractivity contribution in [1.82, 2.24) is 9.97 Å². The van der Waals surface area contributed by atoms with Crippen LogP contribution >= 0.6 is 0 Å². The highest BCUT2D eigenvalue weighted by atomic mass is 19.1. The minimum absolute atomic E-state index is 0.0383. The van der Waals surface area contributed by atoms with Gasteiger partial charge < -0.3 is 14.7 Å². The summed E-state index contributed by atoms with van der Waals surface area (Å²) >= 11 is 0. The van der Waals surface area contributed by atoms with E-state index in [0.717, 1.165) is 6.42 Å². The number of hydrogen-bond donors (Lipinski definition) is 1. The number of aliphatic carboxylic acids is 1. The van der Waals surface area contributed by atoms with Crippen LogP contribution in [-0.4, -0.2) is 40.7 Å². The molecule has 2 heterocycles. The van der Waals surface area contributed by atoms with Crippen molar-refractivity contribution in [3.8, 4) is 17.3 Å². The van der Waals surface area contributed by atoms with Gasteiger partial charge in [-0.05, 0) is 44.2 Å². The largest absolute Gasteiger partial charge is 0.481 e. The Morgan fingerprint density at radius 2 is 1.86 bits per heavy atom. The first-order valence-corrected chi connectivity index (χ1v) is 9.82. The number of nitrogens with zero attached hydrogens (tertiary/aromatic N) is 3. The summed E-state index contributed by atoms with van der Waals surface area (Å²) in [5, 5.41) is 8.91. The topological polar surface area (TPSA) is 75.5 Å². The van der Waals surface area contributed by atoms with Crippen molar-refractivity contribution < 1.29 is 23.4 Å². The average molecular weight is 405 g/mol. The average Bonchev–Trinajstić information content (AvgIpc) is 2.66. The molecule has 29 heavy (non-hydrogen) atoms. The molecule has 3 rings (SSSR count). The number of benzene rings is 1. The van der Waals surface area contributed by atoms with Gasteiger partial charge in [0.15, 0.2) is 5.82 Å². The fourth-order valence-electron chi connectivity index (χ4n) is 3.55. The van der Waals surface area contributed by atoms with Crippen LogP contribution in [0.4, 0.5) is 14.5 Å². The number of anilines is 1. The summed E-state index contributed by atoms with van der Waals surface area (Å²) in [7, 11) is 0. The zero-order valence-corrected chi connectivity index (χ0v) is 16.6. The first kappa shape index (κ1) is 21.0. The number of piperidine rings is 1. The Balaban J connectivity index is 1.82. The van der Waals surface area contributed by atoms with E-state index < -0.39 is 17.6 Å². The lowest BCUT2D eigenvalue weighted by Gasteiger charge is -2.33. The maximum Gasteiger partial charge on any atom is 0.303 e. The highest BCUT2D eigenvalue weighted by Gasteiger charge is 2.26. The minimum Gasteiger partial charge on any atom is -0.481 e. The predicted molar refractivity (Wildman–Crippen MR) is 105 cm³/mol. The van der Waals surface area contributed by atoms with Gasteiger partial charge >= 0.3 is 5.97 Å². The van der Waals surface area contributed by atoms with Gasteiger partial charge in [0, 0.05) is 36.8 Å². The van der Waals surface area contributed by atoms with Crippen molar-refractivity contribution in [2.45, 2.75) is 39.5 Å². The summed E-state index contributed by atoms with van der Waals surface area (Å²) in [5.41, 5.74) is 0.804. The van der Waals surface area contributed by atoms with Crippen LogP contribution in [0.1, 0.15) is 38.3 Å². The number of ether oxygens (including phenoxy) is 1. The predicted octanol–water partition coefficient (Wildman–Crippen LogP) is 4.21. The van der Waals surface area contributed by atoms with Gasteiger partial charge in [-0.25, -0.2) is 13.8 Å². The number of carboxylic acids is 1. The van der Waals surface area contributed by atoms with Crippen molar-refractivity contribution >= 4 is 11.7 Å². The van der Waals surface area contributed by atoms with Crippen LogP contribution in [0.3, 0.4) is 0 Å². The third-order valence-electron chi connectivity index (χ3n) is 4.95. The Morgan fingerprint density at radius 3 is 2.45 bits per heavy atom. The lowest BCUT2D eigenvalue weighted by molar-refractivity contribution is -0.138. The monoisotopic (exact) mass is 405 g/mol. The molecule has 0 radical (unpaired) electrons. The lowest BCUT2D eigenvalue weighted by atomic mass is 9.93. The molecular weight excluding hydrogens is 380 g/mol. The van der Waals surface area contributed by atoms with Crippen LogP contribution in [0.5, 0.6) is 5.88 Å². The lowest BCUT2D eigenvalue weighted by Crippen LogP contribution is -2.35. The molecule has 0 saturated carbocycles. The third kappa shape index (κ3) is 5.19. The Hall–Kier alpha value is -2.77. The number of rotatable bonds is 7. The first-order valence-electron chi connectivity index (χ1n) is 9.82. The maximum absolute atomic E-state index is 14.8. The molecule has 1 N–H and O–H groups in total. The summed E-state index contributed by atoms with van der Waals surface area (Å²) in [6.45, 7) is 5.08. The van der Waals surface area contributed by atoms with Crippen LogP contribution < -0.4 is 9.64 Å². The third-order valence-corrected chi connectivity index (χ3v) is 4.95. The van der Waals surface area contributed by atoms with Crippen molar-refractivity contribution in [3.63, 3.8) is 0 Å². The molecule has 8 heteroatoms. The van der Waals surface area contributed by atoms with Crippen molar-refractivity contribution in [1.29, 1.82) is 0 Å². The molecule has 1 aromatic carbocycles. The van der Waals surface area contributed by atoms with E-state index in [4.69, 9.17) is 9.84 Å². The Kier molecular flexibility index (Phi) is 6.61. The SMILES string of the molecule is CCCOc1cc(C)nc(-c2cc(F)c(N3CCC(CC(=O)O)CC3)c(F)c2)n1. The molecule has 1 saturated heterocycles. The zero-order chi connectivity index (χ0) is 21.0. The normalized spacial score (nSPS) is 14.8. The fourth-order valence-corrected chi connectivity index (χ4v) is 3.55. The van der Waals surface area contributed by atoms with Crippen LogP contribution in [0, 0.1) is 24.5 Å². The Bertz CT molecular complexity index is 860. The molecule has 1 aliphatic rings. The van der Waals surface area contributed by atoms with Gasteiger partial charge in [-0.2, -0.15) is 4.98 Å². The molecule has 6 nitrogen and oxygen atoms in total. The summed E-state index contributed by atoms with van der Waals surface area (Å²) in [4.78, 5) is 21.0. The molecule has 0 amide bonds. The van der Waals surface area contributed by atoms with E-state index >= 15 is 0 Å². The maximum atomic E-state index is 14.8. The van der Waals surface area contributed by atoms with E-state index in [1.54, 1.807) is 17.9 Å². The van der Waals surface area contributed by atoms with Crippen LogP contribution in [0.15, 0.2) is 18.2 Å². The minimum atomic E-state index is -0.842. The second-order valence-corrected chi connectivity index (χ2v) is 7.34. The summed E-state index contributed by atoms with van der Waals surface area (Å²) < 4.78 is 35.2. The number of carboxylic acid groups (broad SMARTS) is 1. The van der Waals surface area contributed by atoms with E-state index in [0.29, 0.717) is 44.1 Å². The fraction of sp³-hybridized carbons (Fsp3) is 0.476. The van der Waals surface area contributed by atoms with Crippen LogP contribution in [-0.2, 0) is 4.79 Å². The molecule has 0 unspecified atom stereocenters. The van der Waals surface area contributed by atoms with E-state index in [9.17, 15) is 13.6 Å². The smallest absolute Gasteiger partial charge is 0.303 e. The van der Waals surface area contributed by atoms with E-state index in [-0.39, 0.29) is 29.4 Å². The standard InChI is InChI=1S/C21H25F2N3O3/c1-3-8-29-18-9-13(2)24-21(25-18)15-11-16(22)20(17(23)12-15)26-6-4-14(5-7-26)10-19(27)28/h9,11-12,14H,3-8,10H2,1-2H3,(H,27,28). The number of carbonyl (C=O) groups is 1. The van der Waals surface area contributed by atoms with E-state index in [1.165, 1.54) is 12.1 Å². The van der Waals surface area contributed by atoms with Gasteiger partial charge in [-0.3, -0.25) is 4.79 Å². The molecule has 0 spiro atoms. The van der Waals surface area contributed by atoms with Gasteiger partial charge in [0.2, 0.25) is 5.88 Å².